The highest BCUT2D eigenvalue weighted by Crippen LogP contribution is 2.44. The van der Waals surface area contributed by atoms with Gasteiger partial charge in [0, 0.05) is 50.9 Å². The molecule has 1 heterocycles. The van der Waals surface area contributed by atoms with E-state index in [1.807, 2.05) is 0 Å². The van der Waals surface area contributed by atoms with Crippen LogP contribution in [0.15, 0.2) is 18.2 Å². The normalized spacial score (nSPS) is 17.6. The van der Waals surface area contributed by atoms with Crippen LogP contribution in [0.25, 0.3) is 0 Å². The number of amides is 1. The van der Waals surface area contributed by atoms with Crippen LogP contribution in [0.4, 0.5) is 50.0 Å². The molecule has 7 nitrogen and oxygen atoms in total. The summed E-state index contributed by atoms with van der Waals surface area (Å²) in [5, 5.41) is 11.8. The number of carbonyl (C=O) groups excluding carboxylic acids is 1. The van der Waals surface area contributed by atoms with E-state index in [1.165, 1.54) is 0 Å². The Hall–Kier alpha value is -2.91. The zero-order valence-corrected chi connectivity index (χ0v) is 20.0. The Morgan fingerprint density at radius 2 is 1.71 bits per heavy atom. The first-order valence-corrected chi connectivity index (χ1v) is 11.4. The Morgan fingerprint density at radius 3 is 2.24 bits per heavy atom. The smallest absolute Gasteiger partial charge is 0.416 e. The van der Waals surface area contributed by atoms with E-state index in [0.717, 1.165) is 11.0 Å². The molecule has 1 amide bonds. The Bertz CT molecular complexity index is 953. The minimum Gasteiger partial charge on any atom is -0.466 e. The molecule has 1 aliphatic rings. The molecule has 1 aromatic rings. The van der Waals surface area contributed by atoms with Crippen LogP contribution in [0, 0.1) is 5.92 Å². The average molecular weight is 567 g/mol. The summed E-state index contributed by atoms with van der Waals surface area (Å²) in [6.07, 6.45) is -18.0. The van der Waals surface area contributed by atoms with Gasteiger partial charge in [-0.1, -0.05) is 6.07 Å². The van der Waals surface area contributed by atoms with Crippen LogP contribution in [0.5, 0.6) is 0 Å². The lowest BCUT2D eigenvalue weighted by atomic mass is 9.93. The van der Waals surface area contributed by atoms with Crippen molar-refractivity contribution in [1.29, 1.82) is 0 Å². The van der Waals surface area contributed by atoms with E-state index in [9.17, 15) is 49.1 Å². The molecule has 0 saturated carbocycles. The fourth-order valence-corrected chi connectivity index (χ4v) is 4.12. The van der Waals surface area contributed by atoms with Gasteiger partial charge in [-0.05, 0) is 31.0 Å². The van der Waals surface area contributed by atoms with Crippen LogP contribution < -0.4 is 5.32 Å². The highest BCUT2D eigenvalue weighted by molar-refractivity contribution is 5.69. The predicted molar refractivity (Wildman–Crippen MR) is 115 cm³/mol. The third-order valence-electron chi connectivity index (χ3n) is 5.88. The summed E-state index contributed by atoms with van der Waals surface area (Å²) in [5.74, 6) is -4.45. The van der Waals surface area contributed by atoms with Crippen molar-refractivity contribution in [2.75, 3.05) is 38.1 Å². The summed E-state index contributed by atoms with van der Waals surface area (Å²) in [5.41, 5.74) is -1.34. The quantitative estimate of drug-likeness (QED) is 0.238. The number of esters is 1. The number of carbonyl (C=O) groups is 2. The first kappa shape index (κ1) is 31.3. The SMILES string of the molecule is CCOC(=O)CCCNc1cc(C(F)(F)F)ccc1CN1CCN(C(=O)O)CC1C(C(F)(F)F)C(F)(F)F. The molecule has 38 heavy (non-hydrogen) atoms. The topological polar surface area (TPSA) is 82.1 Å². The van der Waals surface area contributed by atoms with E-state index in [4.69, 9.17) is 9.84 Å². The average Bonchev–Trinajstić information content (AvgIpc) is 2.76. The molecule has 0 radical (unpaired) electrons. The Kier molecular flexibility index (Phi) is 10.1. The Morgan fingerprint density at radius 1 is 1.08 bits per heavy atom. The predicted octanol–water partition coefficient (Wildman–Crippen LogP) is 5.37. The maximum Gasteiger partial charge on any atom is 0.416 e. The number of rotatable bonds is 9. The summed E-state index contributed by atoms with van der Waals surface area (Å²) in [6, 6.07) is -0.119. The molecule has 1 saturated heterocycles. The van der Waals surface area contributed by atoms with Gasteiger partial charge in [0.15, 0.2) is 5.92 Å². The molecule has 16 heteroatoms. The van der Waals surface area contributed by atoms with Crippen molar-refractivity contribution in [2.45, 2.75) is 50.9 Å². The zero-order valence-electron chi connectivity index (χ0n) is 20.0. The van der Waals surface area contributed by atoms with Crippen LogP contribution in [-0.2, 0) is 22.3 Å². The monoisotopic (exact) mass is 567 g/mol. The number of halogens is 9. The molecule has 1 atom stereocenters. The Balaban J connectivity index is 2.38. The summed E-state index contributed by atoms with van der Waals surface area (Å²) in [7, 11) is 0. The number of benzene rings is 1. The number of ether oxygens (including phenoxy) is 1. The van der Waals surface area contributed by atoms with Crippen molar-refractivity contribution in [3.63, 3.8) is 0 Å². The van der Waals surface area contributed by atoms with Crippen LogP contribution in [0.2, 0.25) is 0 Å². The molecule has 1 aromatic carbocycles. The lowest BCUT2D eigenvalue weighted by Crippen LogP contribution is -2.62. The fourth-order valence-electron chi connectivity index (χ4n) is 4.12. The number of alkyl halides is 9. The van der Waals surface area contributed by atoms with E-state index >= 15 is 0 Å². The van der Waals surface area contributed by atoms with Crippen molar-refractivity contribution >= 4 is 17.7 Å². The maximum absolute atomic E-state index is 13.5. The third-order valence-corrected chi connectivity index (χ3v) is 5.88. The number of hydrogen-bond donors (Lipinski definition) is 2. The molecule has 0 aromatic heterocycles. The fraction of sp³-hybridized carbons (Fsp3) is 0.636. The molecule has 1 fully saturated rings. The molecule has 216 valence electrons. The third kappa shape index (κ3) is 8.56. The van der Waals surface area contributed by atoms with Crippen molar-refractivity contribution in [1.82, 2.24) is 9.80 Å². The second-order valence-electron chi connectivity index (χ2n) is 8.53. The van der Waals surface area contributed by atoms with Crippen LogP contribution in [-0.4, -0.2) is 78.1 Å². The minimum absolute atomic E-state index is 0.0361. The highest BCUT2D eigenvalue weighted by Gasteiger charge is 2.62. The van der Waals surface area contributed by atoms with Gasteiger partial charge in [0.05, 0.1) is 12.2 Å². The van der Waals surface area contributed by atoms with Gasteiger partial charge in [-0.2, -0.15) is 39.5 Å². The first-order valence-electron chi connectivity index (χ1n) is 11.4. The van der Waals surface area contributed by atoms with Gasteiger partial charge in [-0.15, -0.1) is 0 Å². The summed E-state index contributed by atoms with van der Waals surface area (Å²) >= 11 is 0. The van der Waals surface area contributed by atoms with Crippen molar-refractivity contribution in [3.05, 3.63) is 29.3 Å². The lowest BCUT2D eigenvalue weighted by Gasteiger charge is -2.44. The van der Waals surface area contributed by atoms with E-state index in [1.54, 1.807) is 6.92 Å². The molecule has 0 bridgehead atoms. The molecule has 1 unspecified atom stereocenters. The highest BCUT2D eigenvalue weighted by atomic mass is 19.4. The molecule has 2 N–H and O–H groups in total. The summed E-state index contributed by atoms with van der Waals surface area (Å²) in [4.78, 5) is 24.0. The second kappa shape index (κ2) is 12.3. The van der Waals surface area contributed by atoms with Gasteiger partial charge in [0.1, 0.15) is 0 Å². The first-order chi connectivity index (χ1) is 17.4. The van der Waals surface area contributed by atoms with Crippen LogP contribution in [0.3, 0.4) is 0 Å². The van der Waals surface area contributed by atoms with Crippen LogP contribution >= 0.6 is 0 Å². The number of hydrogen-bond acceptors (Lipinski definition) is 5. The number of nitrogens with one attached hydrogen (secondary N) is 1. The summed E-state index contributed by atoms with van der Waals surface area (Å²) in [6.45, 7) is -1.01. The van der Waals surface area contributed by atoms with Gasteiger partial charge in [0.25, 0.3) is 0 Å². The standard InChI is InChI=1S/C22H26F9N3O4/c1-2-38-17(35)4-3-7-32-15-10-14(20(23,24)25)6-5-13(15)11-33-8-9-34(19(36)37)12-16(33)18(21(26,27)28)22(29,30)31/h5-6,10,16,18,32H,2-4,7-9,11-12H2,1H3,(H,36,37). The summed E-state index contributed by atoms with van der Waals surface area (Å²) < 4.78 is 126. The lowest BCUT2D eigenvalue weighted by molar-refractivity contribution is -0.302. The molecular weight excluding hydrogens is 541 g/mol. The van der Waals surface area contributed by atoms with Crippen molar-refractivity contribution < 1.29 is 58.9 Å². The number of piperazine rings is 1. The van der Waals surface area contributed by atoms with Crippen molar-refractivity contribution in [3.8, 4) is 0 Å². The van der Waals surface area contributed by atoms with E-state index in [0.29, 0.717) is 17.0 Å². The van der Waals surface area contributed by atoms with E-state index in [-0.39, 0.29) is 37.2 Å². The zero-order chi connectivity index (χ0) is 28.9. The maximum atomic E-state index is 13.5. The number of anilines is 1. The molecule has 0 spiro atoms. The van der Waals surface area contributed by atoms with Gasteiger partial charge < -0.3 is 20.1 Å². The van der Waals surface area contributed by atoms with Gasteiger partial charge in [-0.25, -0.2) is 4.79 Å². The van der Waals surface area contributed by atoms with Crippen molar-refractivity contribution in [2.24, 2.45) is 5.92 Å². The minimum atomic E-state index is -5.77. The van der Waals surface area contributed by atoms with Gasteiger partial charge in [-0.3, -0.25) is 9.69 Å². The second-order valence-corrected chi connectivity index (χ2v) is 8.53. The van der Waals surface area contributed by atoms with E-state index < -0.39 is 74.3 Å². The van der Waals surface area contributed by atoms with E-state index in [2.05, 4.69) is 5.32 Å². The molecule has 2 rings (SSSR count). The molecule has 0 aliphatic carbocycles. The molecular formula is C22H26F9N3O4. The van der Waals surface area contributed by atoms with Gasteiger partial charge in [0.2, 0.25) is 0 Å². The largest absolute Gasteiger partial charge is 0.466 e. The van der Waals surface area contributed by atoms with Crippen LogP contribution in [0.1, 0.15) is 30.9 Å². The number of carboxylic acid groups (broad SMARTS) is 1. The van der Waals surface area contributed by atoms with Gasteiger partial charge >= 0.3 is 30.6 Å². The Labute approximate surface area is 211 Å². The number of nitrogens with zero attached hydrogens (tertiary/aromatic N) is 2. The molecule has 1 aliphatic heterocycles.